The Hall–Kier alpha value is -3.19. The number of hydrogen-bond acceptors (Lipinski definition) is 4. The van der Waals surface area contributed by atoms with Crippen LogP contribution in [0.4, 0.5) is 35.1 Å². The first-order valence-corrected chi connectivity index (χ1v) is 15.8. The summed E-state index contributed by atoms with van der Waals surface area (Å²) in [5, 5.41) is -1.16. The predicted molar refractivity (Wildman–Crippen MR) is 163 cm³/mol. The average Bonchev–Trinajstić information content (AvgIpc) is 2.97. The molecule has 0 saturated heterocycles. The van der Waals surface area contributed by atoms with Crippen molar-refractivity contribution >= 4 is 9.84 Å². The topological polar surface area (TPSA) is 52.6 Å². The first-order valence-electron chi connectivity index (χ1n) is 14.2. The Labute approximate surface area is 265 Å². The number of benzene rings is 1. The van der Waals surface area contributed by atoms with E-state index in [1.807, 2.05) is 0 Å². The summed E-state index contributed by atoms with van der Waals surface area (Å²) in [6.07, 6.45) is 3.89. The van der Waals surface area contributed by atoms with Gasteiger partial charge in [-0.1, -0.05) is 37.8 Å². The smallest absolute Gasteiger partial charge is 0.200 e. The molecule has 0 aliphatic carbocycles. The Kier molecular flexibility index (Phi) is 14.3. The molecule has 0 fully saturated rings. The van der Waals surface area contributed by atoms with Crippen molar-refractivity contribution in [2.75, 3.05) is 0 Å². The second-order valence-electron chi connectivity index (χ2n) is 11.1. The second-order valence-corrected chi connectivity index (χ2v) is 13.4. The molecule has 1 aromatic carbocycles. The van der Waals surface area contributed by atoms with Crippen molar-refractivity contribution in [3.63, 3.8) is 0 Å². The van der Waals surface area contributed by atoms with Gasteiger partial charge >= 0.3 is 0 Å². The minimum absolute atomic E-state index is 0.224. The van der Waals surface area contributed by atoms with E-state index in [0.717, 1.165) is 26.0 Å². The van der Waals surface area contributed by atoms with Crippen molar-refractivity contribution < 1.29 is 53.0 Å². The number of hydrogen-bond donors (Lipinski definition) is 0. The Bertz CT molecular complexity index is 1530. The number of allylic oxidation sites excluding steroid dienone is 5. The zero-order chi connectivity index (χ0) is 35.9. The summed E-state index contributed by atoms with van der Waals surface area (Å²) < 4.78 is 149. The Morgan fingerprint density at radius 1 is 0.848 bits per heavy atom. The van der Waals surface area contributed by atoms with Crippen LogP contribution < -0.4 is 0 Å². The molecule has 258 valence electrons. The lowest BCUT2D eigenvalue weighted by molar-refractivity contribution is -0.0311. The molecule has 4 nitrogen and oxygen atoms in total. The van der Waals surface area contributed by atoms with Crippen LogP contribution in [0.5, 0.6) is 0 Å². The number of rotatable bonds is 15. The third-order valence-corrected chi connectivity index (χ3v) is 9.43. The van der Waals surface area contributed by atoms with Crippen molar-refractivity contribution in [3.8, 4) is 0 Å². The van der Waals surface area contributed by atoms with Crippen LogP contribution in [0, 0.1) is 29.1 Å². The highest BCUT2D eigenvalue weighted by molar-refractivity contribution is 7.96. The summed E-state index contributed by atoms with van der Waals surface area (Å²) in [6, 6.07) is 0. The molecule has 13 heteroatoms. The van der Waals surface area contributed by atoms with Crippen LogP contribution in [0.1, 0.15) is 74.3 Å². The summed E-state index contributed by atoms with van der Waals surface area (Å²) >= 11 is 0. The lowest BCUT2D eigenvalue weighted by Crippen LogP contribution is -2.32. The summed E-state index contributed by atoms with van der Waals surface area (Å²) in [6.45, 7) is 15.6. The van der Waals surface area contributed by atoms with Gasteiger partial charge in [-0.15, -0.1) is 0 Å². The van der Waals surface area contributed by atoms with E-state index in [4.69, 9.17) is 9.47 Å². The molecule has 0 saturated carbocycles. The third-order valence-electron chi connectivity index (χ3n) is 7.26. The number of sulfone groups is 1. The van der Waals surface area contributed by atoms with Crippen LogP contribution in [0.2, 0.25) is 0 Å². The maximum absolute atomic E-state index is 14.5. The molecule has 1 aromatic rings. The maximum Gasteiger partial charge on any atom is 0.200 e. The normalized spacial score (nSPS) is 17.6. The molecule has 4 atom stereocenters. The summed E-state index contributed by atoms with van der Waals surface area (Å²) in [7, 11) is -4.08. The summed E-state index contributed by atoms with van der Waals surface area (Å²) in [5.41, 5.74) is -4.14. The minimum atomic E-state index is -4.08. The lowest BCUT2D eigenvalue weighted by atomic mass is 9.91. The fraction of sp³-hybridized carbons (Fsp3) is 0.455. The van der Waals surface area contributed by atoms with Crippen LogP contribution in [0.15, 0.2) is 70.9 Å². The van der Waals surface area contributed by atoms with E-state index in [2.05, 4.69) is 6.58 Å². The van der Waals surface area contributed by atoms with Crippen molar-refractivity contribution in [2.45, 2.75) is 97.5 Å². The van der Waals surface area contributed by atoms with Gasteiger partial charge in [-0.05, 0) is 79.5 Å². The van der Waals surface area contributed by atoms with Crippen LogP contribution >= 0.6 is 0 Å². The molecule has 0 radical (unpaired) electrons. The fourth-order valence-electron chi connectivity index (χ4n) is 4.37. The van der Waals surface area contributed by atoms with Crippen LogP contribution in [-0.2, 0) is 24.9 Å². The summed E-state index contributed by atoms with van der Waals surface area (Å²) in [4.78, 5) is -0.224. The van der Waals surface area contributed by atoms with Gasteiger partial charge in [0.25, 0.3) is 0 Å². The second kappa shape index (κ2) is 16.1. The van der Waals surface area contributed by atoms with Gasteiger partial charge in [0.2, 0.25) is 5.82 Å². The number of halogens is 8. The van der Waals surface area contributed by atoms with E-state index in [1.165, 1.54) is 59.8 Å². The molecular formula is C33H40F8O4S. The standard InChI is InChI=1S/C33H40F8O4S/c1-11-22(32(8,9)45-21(7)26(36)25(35)20(6)34)16-15-19(5)46(42,43)23(12-2)17-14-18(4)44-33(10,13-3)24-27(37)29(39)31(41)30(40)28(24)38/h11-12,14-17,19-21H,4,13H2,1-3,5-10H3. The average molecular weight is 685 g/mol. The van der Waals surface area contributed by atoms with Gasteiger partial charge in [0.05, 0.1) is 21.3 Å². The van der Waals surface area contributed by atoms with E-state index < -0.39 is 84.9 Å². The van der Waals surface area contributed by atoms with Gasteiger partial charge in [-0.3, -0.25) is 0 Å². The monoisotopic (exact) mass is 684 g/mol. The molecular weight excluding hydrogens is 644 g/mol. The van der Waals surface area contributed by atoms with E-state index in [9.17, 15) is 43.5 Å². The van der Waals surface area contributed by atoms with Crippen LogP contribution in [-0.4, -0.2) is 31.5 Å². The molecule has 0 bridgehead atoms. The maximum atomic E-state index is 14.5. The molecule has 0 heterocycles. The number of ether oxygens (including phenoxy) is 2. The highest BCUT2D eigenvalue weighted by atomic mass is 32.2. The summed E-state index contributed by atoms with van der Waals surface area (Å²) in [5.74, 6) is -14.1. The highest BCUT2D eigenvalue weighted by Gasteiger charge is 2.39. The van der Waals surface area contributed by atoms with Crippen molar-refractivity contribution in [1.29, 1.82) is 0 Å². The van der Waals surface area contributed by atoms with Gasteiger partial charge in [0.15, 0.2) is 50.9 Å². The molecule has 0 aromatic heterocycles. The molecule has 46 heavy (non-hydrogen) atoms. The lowest BCUT2D eigenvalue weighted by Gasteiger charge is -2.31. The predicted octanol–water partition coefficient (Wildman–Crippen LogP) is 10.00. The highest BCUT2D eigenvalue weighted by Crippen LogP contribution is 2.38. The fourth-order valence-corrected chi connectivity index (χ4v) is 5.67. The SMILES string of the molecule is C=C(C=CC(=CC)S(=O)(=O)C(C)C=CC(=CC)C(C)(C)OC(C)C(F)=C(F)C(C)F)OC(C)(CC)c1c(F)c(F)c(F)c(F)c1F. The van der Waals surface area contributed by atoms with Gasteiger partial charge < -0.3 is 9.47 Å². The van der Waals surface area contributed by atoms with Crippen molar-refractivity contribution in [3.05, 3.63) is 106 Å². The molecule has 0 amide bonds. The Morgan fingerprint density at radius 3 is 1.78 bits per heavy atom. The molecule has 1 rings (SSSR count). The zero-order valence-corrected chi connectivity index (χ0v) is 28.0. The number of alkyl halides is 1. The molecule has 0 spiro atoms. The van der Waals surface area contributed by atoms with Gasteiger partial charge in [-0.2, -0.15) is 0 Å². The first-order chi connectivity index (χ1) is 21.0. The van der Waals surface area contributed by atoms with E-state index >= 15 is 0 Å². The third kappa shape index (κ3) is 9.21. The largest absolute Gasteiger partial charge is 0.483 e. The van der Waals surface area contributed by atoms with Gasteiger partial charge in [-0.25, -0.2) is 43.5 Å². The van der Waals surface area contributed by atoms with E-state index in [-0.39, 0.29) is 17.1 Å². The minimum Gasteiger partial charge on any atom is -0.483 e. The van der Waals surface area contributed by atoms with Crippen LogP contribution in [0.25, 0.3) is 0 Å². The van der Waals surface area contributed by atoms with Crippen LogP contribution in [0.3, 0.4) is 0 Å². The molecule has 0 aliphatic heterocycles. The Morgan fingerprint density at radius 2 is 1.35 bits per heavy atom. The quantitative estimate of drug-likeness (QED) is 0.0607. The van der Waals surface area contributed by atoms with E-state index in [0.29, 0.717) is 5.57 Å². The first kappa shape index (κ1) is 40.8. The van der Waals surface area contributed by atoms with Crippen molar-refractivity contribution in [1.82, 2.24) is 0 Å². The van der Waals surface area contributed by atoms with Crippen molar-refractivity contribution in [2.24, 2.45) is 0 Å². The van der Waals surface area contributed by atoms with E-state index in [1.54, 1.807) is 13.0 Å². The van der Waals surface area contributed by atoms with Gasteiger partial charge in [0.1, 0.15) is 17.5 Å². The molecule has 0 N–H and O–H groups in total. The van der Waals surface area contributed by atoms with Gasteiger partial charge in [0, 0.05) is 0 Å². The Balaban J connectivity index is 3.24. The zero-order valence-electron chi connectivity index (χ0n) is 27.2. The molecule has 4 unspecified atom stereocenters. The molecule has 0 aliphatic rings.